The lowest BCUT2D eigenvalue weighted by atomic mass is 10.3. The van der Waals surface area contributed by atoms with Crippen molar-refractivity contribution in [1.29, 1.82) is 0 Å². The zero-order valence-electron chi connectivity index (χ0n) is 13.0. The third-order valence-electron chi connectivity index (χ3n) is 3.41. The molecule has 0 spiro atoms. The van der Waals surface area contributed by atoms with E-state index in [1.807, 2.05) is 20.8 Å². The Labute approximate surface area is 125 Å². The molecule has 2 heterocycles. The second-order valence-electron chi connectivity index (χ2n) is 5.21. The molecule has 0 saturated heterocycles. The Balaban J connectivity index is 2.85. The molecule has 0 radical (unpaired) electrons. The van der Waals surface area contributed by atoms with Crippen LogP contribution in [0, 0.1) is 0 Å². The first kappa shape index (κ1) is 15.8. The minimum absolute atomic E-state index is 0.186. The number of carboxylic acids is 1. The fraction of sp³-hybridized carbons (Fsp3) is 0.538. The van der Waals surface area contributed by atoms with Crippen LogP contribution in [0.15, 0.2) is 9.59 Å². The van der Waals surface area contributed by atoms with Gasteiger partial charge < -0.3 is 15.0 Å². The summed E-state index contributed by atoms with van der Waals surface area (Å²) in [6.07, 6.45) is 0. The number of nitrogens with zero attached hydrogens (tertiary/aromatic N) is 4. The maximum absolute atomic E-state index is 12.4. The molecule has 0 bridgehead atoms. The van der Waals surface area contributed by atoms with Gasteiger partial charge in [-0.2, -0.15) is 4.98 Å². The number of nitrogens with one attached hydrogen (secondary N) is 1. The van der Waals surface area contributed by atoms with Gasteiger partial charge in [-0.05, 0) is 20.8 Å². The Kier molecular flexibility index (Phi) is 4.07. The molecule has 0 saturated carbocycles. The van der Waals surface area contributed by atoms with Gasteiger partial charge >= 0.3 is 11.7 Å². The monoisotopic (exact) mass is 309 g/mol. The van der Waals surface area contributed by atoms with E-state index in [9.17, 15) is 14.4 Å². The predicted molar refractivity (Wildman–Crippen MR) is 81.4 cm³/mol. The van der Waals surface area contributed by atoms with E-state index in [4.69, 9.17) is 5.11 Å². The van der Waals surface area contributed by atoms with Gasteiger partial charge in [0.05, 0.1) is 0 Å². The normalized spacial score (nSPS) is 11.3. The van der Waals surface area contributed by atoms with Gasteiger partial charge in [0.25, 0.3) is 5.56 Å². The van der Waals surface area contributed by atoms with E-state index >= 15 is 0 Å². The summed E-state index contributed by atoms with van der Waals surface area (Å²) < 4.78 is 4.05. The van der Waals surface area contributed by atoms with Crippen LogP contribution < -0.4 is 16.6 Å². The Bertz CT molecular complexity index is 843. The van der Waals surface area contributed by atoms with Crippen molar-refractivity contribution in [2.24, 2.45) is 7.05 Å². The molecule has 120 valence electrons. The van der Waals surface area contributed by atoms with Gasteiger partial charge in [0.1, 0.15) is 6.54 Å². The van der Waals surface area contributed by atoms with Gasteiger partial charge in [-0.1, -0.05) is 0 Å². The summed E-state index contributed by atoms with van der Waals surface area (Å²) in [6.45, 7) is 5.55. The average Bonchev–Trinajstić information content (AvgIpc) is 2.80. The van der Waals surface area contributed by atoms with E-state index in [0.717, 1.165) is 4.57 Å². The minimum Gasteiger partial charge on any atom is -0.480 e. The number of aromatic nitrogens is 4. The van der Waals surface area contributed by atoms with E-state index in [-0.39, 0.29) is 29.7 Å². The van der Waals surface area contributed by atoms with Crippen molar-refractivity contribution in [2.75, 3.05) is 11.9 Å². The summed E-state index contributed by atoms with van der Waals surface area (Å²) >= 11 is 0. The molecule has 0 aromatic carbocycles. The Morgan fingerprint density at radius 3 is 2.50 bits per heavy atom. The number of anilines is 1. The largest absolute Gasteiger partial charge is 0.480 e. The summed E-state index contributed by atoms with van der Waals surface area (Å²) in [5.74, 6) is -0.777. The molecule has 0 amide bonds. The number of carboxylic acid groups (broad SMARTS) is 1. The number of aliphatic carboxylic acids is 1. The highest BCUT2D eigenvalue weighted by atomic mass is 16.4. The van der Waals surface area contributed by atoms with Crippen LogP contribution in [-0.2, 0) is 18.4 Å². The number of imidazole rings is 1. The molecule has 22 heavy (non-hydrogen) atoms. The smallest absolute Gasteiger partial charge is 0.332 e. The topological polar surface area (TPSA) is 111 Å². The predicted octanol–water partition coefficient (Wildman–Crippen LogP) is -0.00600. The molecule has 0 unspecified atom stereocenters. The lowest BCUT2D eigenvalue weighted by molar-refractivity contribution is -0.134. The van der Waals surface area contributed by atoms with Crippen molar-refractivity contribution < 1.29 is 9.90 Å². The summed E-state index contributed by atoms with van der Waals surface area (Å²) in [4.78, 5) is 39.7. The zero-order valence-corrected chi connectivity index (χ0v) is 13.0. The lowest BCUT2D eigenvalue weighted by Gasteiger charge is -2.12. The Morgan fingerprint density at radius 2 is 2.00 bits per heavy atom. The zero-order chi connectivity index (χ0) is 16.6. The van der Waals surface area contributed by atoms with Gasteiger partial charge in [0, 0.05) is 19.6 Å². The van der Waals surface area contributed by atoms with Crippen LogP contribution >= 0.6 is 0 Å². The van der Waals surface area contributed by atoms with Crippen molar-refractivity contribution >= 4 is 23.1 Å². The standard InChI is InChI=1S/C13H19N5O4/c1-5-17-9-10(15-12(17)14-6-8(19)20)18(7(2)3)13(22)16(4)11(9)21/h7H,5-6H2,1-4H3,(H,14,15)(H,19,20). The number of aryl methyl sites for hydroxylation is 1. The van der Waals surface area contributed by atoms with Crippen molar-refractivity contribution in [1.82, 2.24) is 18.7 Å². The molecule has 9 heteroatoms. The maximum atomic E-state index is 12.4. The van der Waals surface area contributed by atoms with Crippen LogP contribution in [-0.4, -0.2) is 36.3 Å². The molecular weight excluding hydrogens is 290 g/mol. The molecule has 2 aromatic rings. The average molecular weight is 309 g/mol. The molecule has 2 rings (SSSR count). The molecule has 0 atom stereocenters. The van der Waals surface area contributed by atoms with Gasteiger partial charge in [-0.15, -0.1) is 0 Å². The van der Waals surface area contributed by atoms with Crippen molar-refractivity contribution in [2.45, 2.75) is 33.4 Å². The van der Waals surface area contributed by atoms with Gasteiger partial charge in [-0.3, -0.25) is 18.7 Å². The molecule has 0 aliphatic rings. The third kappa shape index (κ3) is 2.38. The maximum Gasteiger partial charge on any atom is 0.332 e. The van der Waals surface area contributed by atoms with E-state index in [0.29, 0.717) is 6.54 Å². The van der Waals surface area contributed by atoms with Crippen LogP contribution in [0.2, 0.25) is 0 Å². The fourth-order valence-corrected chi connectivity index (χ4v) is 2.38. The third-order valence-corrected chi connectivity index (χ3v) is 3.41. The van der Waals surface area contributed by atoms with Crippen LogP contribution in [0.5, 0.6) is 0 Å². The van der Waals surface area contributed by atoms with E-state index in [2.05, 4.69) is 10.3 Å². The summed E-state index contributed by atoms with van der Waals surface area (Å²) in [5.41, 5.74) is -0.350. The second-order valence-corrected chi connectivity index (χ2v) is 5.21. The molecule has 0 aliphatic carbocycles. The summed E-state index contributed by atoms with van der Waals surface area (Å²) in [5, 5.41) is 11.5. The van der Waals surface area contributed by atoms with Crippen molar-refractivity contribution in [3.05, 3.63) is 20.8 Å². The molecule has 0 fully saturated rings. The lowest BCUT2D eigenvalue weighted by Crippen LogP contribution is -2.39. The number of hydrogen-bond donors (Lipinski definition) is 2. The van der Waals surface area contributed by atoms with Gasteiger partial charge in [0.2, 0.25) is 5.95 Å². The first-order chi connectivity index (χ1) is 10.3. The molecule has 0 aliphatic heterocycles. The number of fused-ring (bicyclic) bond motifs is 1. The number of hydrogen-bond acceptors (Lipinski definition) is 5. The Morgan fingerprint density at radius 1 is 1.36 bits per heavy atom. The SMILES string of the molecule is CCn1c(NCC(=O)O)nc2c1c(=O)n(C)c(=O)n2C(C)C. The van der Waals surface area contributed by atoms with E-state index in [1.54, 1.807) is 4.57 Å². The highest BCUT2D eigenvalue weighted by Crippen LogP contribution is 2.17. The summed E-state index contributed by atoms with van der Waals surface area (Å²) in [6, 6.07) is -0.186. The minimum atomic E-state index is -1.04. The molecular formula is C13H19N5O4. The van der Waals surface area contributed by atoms with E-state index < -0.39 is 17.2 Å². The van der Waals surface area contributed by atoms with E-state index in [1.165, 1.54) is 11.6 Å². The number of rotatable bonds is 5. The second kappa shape index (κ2) is 5.66. The first-order valence-corrected chi connectivity index (χ1v) is 6.97. The quantitative estimate of drug-likeness (QED) is 0.804. The van der Waals surface area contributed by atoms with Crippen LogP contribution in [0.3, 0.4) is 0 Å². The Hall–Kier alpha value is -2.58. The number of carbonyl (C=O) groups is 1. The highest BCUT2D eigenvalue weighted by molar-refractivity contribution is 5.77. The van der Waals surface area contributed by atoms with Gasteiger partial charge in [0.15, 0.2) is 11.2 Å². The fourth-order valence-electron chi connectivity index (χ4n) is 2.38. The van der Waals surface area contributed by atoms with Crippen molar-refractivity contribution in [3.63, 3.8) is 0 Å². The molecule has 9 nitrogen and oxygen atoms in total. The summed E-state index contributed by atoms with van der Waals surface area (Å²) in [7, 11) is 1.42. The van der Waals surface area contributed by atoms with Gasteiger partial charge in [-0.25, -0.2) is 4.79 Å². The highest BCUT2D eigenvalue weighted by Gasteiger charge is 2.21. The van der Waals surface area contributed by atoms with Crippen molar-refractivity contribution in [3.8, 4) is 0 Å². The molecule has 2 N–H and O–H groups in total. The van der Waals surface area contributed by atoms with Crippen LogP contribution in [0.4, 0.5) is 5.95 Å². The first-order valence-electron chi connectivity index (χ1n) is 6.97. The molecule has 2 aromatic heterocycles. The van der Waals surface area contributed by atoms with Crippen LogP contribution in [0.25, 0.3) is 11.2 Å². The van der Waals surface area contributed by atoms with Crippen LogP contribution in [0.1, 0.15) is 26.8 Å².